The molecule has 0 fully saturated rings. The minimum atomic E-state index is -3.91. The Kier molecular flexibility index (Phi) is 10.2. The zero-order valence-corrected chi connectivity index (χ0v) is 23.9. The van der Waals surface area contributed by atoms with Crippen molar-refractivity contribution >= 4 is 50.7 Å². The smallest absolute Gasteiger partial charge is 0.244 e. The van der Waals surface area contributed by atoms with Crippen LogP contribution < -0.4 is 9.62 Å². The van der Waals surface area contributed by atoms with E-state index in [4.69, 9.17) is 23.2 Å². The van der Waals surface area contributed by atoms with Crippen LogP contribution in [-0.4, -0.2) is 50.5 Å². The molecule has 3 aromatic rings. The van der Waals surface area contributed by atoms with Crippen LogP contribution in [0, 0.1) is 6.92 Å². The van der Waals surface area contributed by atoms with Crippen LogP contribution in [0.4, 0.5) is 5.69 Å². The number of nitrogens with zero attached hydrogens (tertiary/aromatic N) is 2. The highest BCUT2D eigenvalue weighted by molar-refractivity contribution is 7.92. The Bertz CT molecular complexity index is 1350. The Morgan fingerprint density at radius 1 is 0.921 bits per heavy atom. The Labute approximate surface area is 234 Å². The number of carbonyl (C=O) groups excluding carboxylic acids is 2. The molecule has 0 radical (unpaired) electrons. The van der Waals surface area contributed by atoms with Crippen molar-refractivity contribution in [2.45, 2.75) is 32.9 Å². The van der Waals surface area contributed by atoms with Crippen LogP contribution in [-0.2, 0) is 32.6 Å². The summed E-state index contributed by atoms with van der Waals surface area (Å²) in [6.07, 6.45) is 1.26. The number of anilines is 1. The maximum atomic E-state index is 13.9. The lowest BCUT2D eigenvalue weighted by Gasteiger charge is -2.33. The minimum Gasteiger partial charge on any atom is -0.355 e. The van der Waals surface area contributed by atoms with Crippen LogP contribution in [0.5, 0.6) is 0 Å². The molecule has 0 saturated carbocycles. The van der Waals surface area contributed by atoms with Gasteiger partial charge >= 0.3 is 0 Å². The predicted molar refractivity (Wildman–Crippen MR) is 153 cm³/mol. The zero-order valence-electron chi connectivity index (χ0n) is 21.5. The van der Waals surface area contributed by atoms with Crippen LogP contribution >= 0.6 is 23.2 Å². The molecule has 0 spiro atoms. The fourth-order valence-corrected chi connectivity index (χ4v) is 5.38. The van der Waals surface area contributed by atoms with Crippen molar-refractivity contribution in [3.8, 4) is 0 Å². The molecule has 0 aromatic heterocycles. The highest BCUT2D eigenvalue weighted by Crippen LogP contribution is 2.27. The summed E-state index contributed by atoms with van der Waals surface area (Å²) in [5, 5.41) is 3.29. The van der Waals surface area contributed by atoms with Crippen LogP contribution in [0.3, 0.4) is 0 Å². The first-order chi connectivity index (χ1) is 18.0. The van der Waals surface area contributed by atoms with Crippen molar-refractivity contribution in [2.75, 3.05) is 23.7 Å². The van der Waals surface area contributed by atoms with Gasteiger partial charge in [0.1, 0.15) is 12.6 Å². The van der Waals surface area contributed by atoms with E-state index >= 15 is 0 Å². The Morgan fingerprint density at radius 3 is 2.08 bits per heavy atom. The van der Waals surface area contributed by atoms with Gasteiger partial charge in [-0.2, -0.15) is 0 Å². The summed E-state index contributed by atoms with van der Waals surface area (Å²) in [4.78, 5) is 28.7. The molecule has 3 rings (SSSR count). The molecule has 0 aliphatic carbocycles. The number of aryl methyl sites for hydroxylation is 1. The third-order valence-electron chi connectivity index (χ3n) is 5.91. The second kappa shape index (κ2) is 13.1. The van der Waals surface area contributed by atoms with Gasteiger partial charge in [-0.15, -0.1) is 0 Å². The molecule has 1 unspecified atom stereocenters. The highest BCUT2D eigenvalue weighted by Gasteiger charge is 2.33. The van der Waals surface area contributed by atoms with Gasteiger partial charge in [0.15, 0.2) is 0 Å². The van der Waals surface area contributed by atoms with Crippen molar-refractivity contribution in [2.24, 2.45) is 0 Å². The molecular formula is C28H31Cl2N3O4S. The standard InChI is InChI=1S/C28H31Cl2N3O4S/c1-4-31-28(35)26(14-21-8-6-5-7-9-21)32(18-22-12-10-20(2)11-13-22)27(34)19-33(38(3,36)37)25-16-23(29)15-24(30)17-25/h5-13,15-17,26H,4,14,18-19H2,1-3H3,(H,31,35). The lowest BCUT2D eigenvalue weighted by Crippen LogP contribution is -2.53. The van der Waals surface area contributed by atoms with Gasteiger partial charge in [0.2, 0.25) is 21.8 Å². The van der Waals surface area contributed by atoms with Crippen LogP contribution in [0.2, 0.25) is 10.0 Å². The summed E-state index contributed by atoms with van der Waals surface area (Å²) in [7, 11) is -3.91. The maximum absolute atomic E-state index is 13.9. The molecule has 10 heteroatoms. The number of hydrogen-bond acceptors (Lipinski definition) is 4. The number of hydrogen-bond donors (Lipinski definition) is 1. The fourth-order valence-electron chi connectivity index (χ4n) is 4.03. The third-order valence-corrected chi connectivity index (χ3v) is 7.49. The van der Waals surface area contributed by atoms with Gasteiger partial charge < -0.3 is 10.2 Å². The van der Waals surface area contributed by atoms with Gasteiger partial charge in [0.05, 0.1) is 11.9 Å². The van der Waals surface area contributed by atoms with E-state index < -0.39 is 28.5 Å². The quantitative estimate of drug-likeness (QED) is 0.354. The van der Waals surface area contributed by atoms with Crippen molar-refractivity contribution in [3.05, 3.63) is 99.5 Å². The fraction of sp³-hybridized carbons (Fsp3) is 0.286. The molecule has 3 aromatic carbocycles. The summed E-state index contributed by atoms with van der Waals surface area (Å²) >= 11 is 12.3. The predicted octanol–water partition coefficient (Wildman–Crippen LogP) is 4.84. The second-order valence-corrected chi connectivity index (χ2v) is 11.8. The summed E-state index contributed by atoms with van der Waals surface area (Å²) < 4.78 is 26.5. The van der Waals surface area contributed by atoms with Crippen molar-refractivity contribution < 1.29 is 18.0 Å². The van der Waals surface area contributed by atoms with Crippen molar-refractivity contribution in [1.82, 2.24) is 10.2 Å². The van der Waals surface area contributed by atoms with E-state index in [-0.39, 0.29) is 34.6 Å². The average molecular weight is 577 g/mol. The normalized spacial score (nSPS) is 12.0. The van der Waals surface area contributed by atoms with Gasteiger partial charge in [-0.25, -0.2) is 8.42 Å². The third kappa shape index (κ3) is 8.21. The van der Waals surface area contributed by atoms with Gasteiger partial charge in [0, 0.05) is 29.6 Å². The molecule has 202 valence electrons. The largest absolute Gasteiger partial charge is 0.355 e. The molecule has 1 N–H and O–H groups in total. The lowest BCUT2D eigenvalue weighted by atomic mass is 10.0. The lowest BCUT2D eigenvalue weighted by molar-refractivity contribution is -0.140. The number of carbonyl (C=O) groups is 2. The van der Waals surface area contributed by atoms with E-state index in [9.17, 15) is 18.0 Å². The SMILES string of the molecule is CCNC(=O)C(Cc1ccccc1)N(Cc1ccc(C)cc1)C(=O)CN(c1cc(Cl)cc(Cl)c1)S(C)(=O)=O. The van der Waals surface area contributed by atoms with E-state index in [0.717, 1.165) is 27.3 Å². The van der Waals surface area contributed by atoms with E-state index in [1.54, 1.807) is 6.92 Å². The maximum Gasteiger partial charge on any atom is 0.244 e. The number of sulfonamides is 1. The monoisotopic (exact) mass is 575 g/mol. The van der Waals surface area contributed by atoms with Gasteiger partial charge in [-0.1, -0.05) is 83.4 Å². The molecule has 7 nitrogen and oxygen atoms in total. The van der Waals surface area contributed by atoms with E-state index in [0.29, 0.717) is 6.54 Å². The number of rotatable bonds is 11. The topological polar surface area (TPSA) is 86.8 Å². The minimum absolute atomic E-state index is 0.113. The zero-order chi connectivity index (χ0) is 27.9. The van der Waals surface area contributed by atoms with E-state index in [1.165, 1.54) is 23.1 Å². The summed E-state index contributed by atoms with van der Waals surface area (Å²) in [5.74, 6) is -0.868. The molecule has 2 amide bonds. The Morgan fingerprint density at radius 2 is 1.53 bits per heavy atom. The summed E-state index contributed by atoms with van der Waals surface area (Å²) in [5.41, 5.74) is 2.89. The Balaban J connectivity index is 2.05. The highest BCUT2D eigenvalue weighted by atomic mass is 35.5. The molecule has 0 aliphatic heterocycles. The first kappa shape index (κ1) is 29.5. The molecule has 0 heterocycles. The summed E-state index contributed by atoms with van der Waals surface area (Å²) in [6.45, 7) is 3.72. The van der Waals surface area contributed by atoms with E-state index in [1.807, 2.05) is 61.5 Å². The van der Waals surface area contributed by atoms with Crippen molar-refractivity contribution in [3.63, 3.8) is 0 Å². The molecule has 0 bridgehead atoms. The van der Waals surface area contributed by atoms with Gasteiger partial charge in [0.25, 0.3) is 0 Å². The van der Waals surface area contributed by atoms with Crippen LogP contribution in [0.15, 0.2) is 72.8 Å². The first-order valence-electron chi connectivity index (χ1n) is 12.1. The number of nitrogens with one attached hydrogen (secondary N) is 1. The van der Waals surface area contributed by atoms with Gasteiger partial charge in [-0.05, 0) is 43.2 Å². The molecule has 0 saturated heterocycles. The molecule has 38 heavy (non-hydrogen) atoms. The number of benzene rings is 3. The van der Waals surface area contributed by atoms with Crippen molar-refractivity contribution in [1.29, 1.82) is 0 Å². The Hall–Kier alpha value is -3.07. The van der Waals surface area contributed by atoms with Crippen LogP contribution in [0.25, 0.3) is 0 Å². The molecule has 0 aliphatic rings. The number of amides is 2. The average Bonchev–Trinajstić information content (AvgIpc) is 2.85. The van der Waals surface area contributed by atoms with Gasteiger partial charge in [-0.3, -0.25) is 13.9 Å². The number of likely N-dealkylation sites (N-methyl/N-ethyl adjacent to an activating group) is 1. The second-order valence-electron chi connectivity index (χ2n) is 9.00. The summed E-state index contributed by atoms with van der Waals surface area (Å²) in [6, 6.07) is 20.5. The molecule has 1 atom stereocenters. The first-order valence-corrected chi connectivity index (χ1v) is 14.7. The van der Waals surface area contributed by atoms with Crippen LogP contribution in [0.1, 0.15) is 23.6 Å². The van der Waals surface area contributed by atoms with E-state index in [2.05, 4.69) is 5.32 Å². The number of halogens is 2. The molecular weight excluding hydrogens is 545 g/mol.